The van der Waals surface area contributed by atoms with Crippen molar-refractivity contribution in [3.8, 4) is 0 Å². The van der Waals surface area contributed by atoms with E-state index in [1.165, 1.54) is 109 Å². The molecule has 0 aromatic carbocycles. The van der Waals surface area contributed by atoms with Crippen LogP contribution in [0.2, 0.25) is 0 Å². The lowest BCUT2D eigenvalue weighted by Gasteiger charge is -2.18. The second-order valence-corrected chi connectivity index (χ2v) is 17.7. The van der Waals surface area contributed by atoms with Gasteiger partial charge in [-0.25, -0.2) is 0 Å². The van der Waals surface area contributed by atoms with Gasteiger partial charge in [0.05, 0.1) is 6.61 Å². The maximum atomic E-state index is 12.8. The van der Waals surface area contributed by atoms with E-state index >= 15 is 0 Å². The van der Waals surface area contributed by atoms with Crippen molar-refractivity contribution in [2.45, 2.75) is 245 Å². The summed E-state index contributed by atoms with van der Waals surface area (Å²) in [6.45, 7) is 7.54. The third-order valence-corrected chi connectivity index (χ3v) is 11.2. The average molecular weight is 915 g/mol. The fraction of sp³-hybridized carbons (Fsp3) is 0.672. The molecule has 1 atom stereocenters. The fourth-order valence-corrected chi connectivity index (χ4v) is 7.20. The van der Waals surface area contributed by atoms with Gasteiger partial charge in [-0.05, 0) is 116 Å². The molecule has 0 bridgehead atoms. The Balaban J connectivity index is 4.38. The largest absolute Gasteiger partial charge is 0.462 e. The molecule has 0 aromatic rings. The Labute approximate surface area is 408 Å². The van der Waals surface area contributed by atoms with Gasteiger partial charge < -0.3 is 14.2 Å². The number of hydrogen-bond acceptors (Lipinski definition) is 5. The highest BCUT2D eigenvalue weighted by Crippen LogP contribution is 2.13. The molecular weight excluding hydrogens is 813 g/mol. The molecule has 0 aliphatic carbocycles. The molecule has 0 aliphatic heterocycles. The highest BCUT2D eigenvalue weighted by atomic mass is 16.6. The molecule has 0 saturated carbocycles. The first-order valence-electron chi connectivity index (χ1n) is 27.4. The molecule has 5 nitrogen and oxygen atoms in total. The highest BCUT2D eigenvalue weighted by Gasteiger charge is 2.17. The number of carbonyl (C=O) groups is 2. The molecule has 0 spiro atoms. The molecule has 376 valence electrons. The van der Waals surface area contributed by atoms with Gasteiger partial charge >= 0.3 is 11.9 Å². The van der Waals surface area contributed by atoms with Gasteiger partial charge in [0.25, 0.3) is 0 Å². The Morgan fingerprint density at radius 3 is 1.20 bits per heavy atom. The summed E-state index contributed by atoms with van der Waals surface area (Å²) in [5.41, 5.74) is 0. The zero-order valence-electron chi connectivity index (χ0n) is 43.2. The van der Waals surface area contributed by atoms with Crippen LogP contribution in [-0.2, 0) is 23.8 Å². The van der Waals surface area contributed by atoms with Crippen molar-refractivity contribution >= 4 is 11.9 Å². The average Bonchev–Trinajstić information content (AvgIpc) is 3.32. The summed E-state index contributed by atoms with van der Waals surface area (Å²) in [4.78, 5) is 25.5. The summed E-state index contributed by atoms with van der Waals surface area (Å²) in [6.07, 6.45) is 76.8. The maximum absolute atomic E-state index is 12.8. The first-order chi connectivity index (χ1) is 32.6. The van der Waals surface area contributed by atoms with Crippen LogP contribution in [0.3, 0.4) is 0 Å². The third-order valence-electron chi connectivity index (χ3n) is 11.2. The van der Waals surface area contributed by atoms with Crippen LogP contribution in [0.5, 0.6) is 0 Å². The Morgan fingerprint density at radius 1 is 0.348 bits per heavy atom. The van der Waals surface area contributed by atoms with Crippen LogP contribution in [-0.4, -0.2) is 37.9 Å². The molecule has 0 radical (unpaired) electrons. The normalized spacial score (nSPS) is 13.1. The summed E-state index contributed by atoms with van der Waals surface area (Å²) in [6, 6.07) is 0. The van der Waals surface area contributed by atoms with Gasteiger partial charge in [0.2, 0.25) is 0 Å². The van der Waals surface area contributed by atoms with Gasteiger partial charge in [0.15, 0.2) is 6.10 Å². The van der Waals surface area contributed by atoms with Gasteiger partial charge in [0, 0.05) is 19.4 Å². The van der Waals surface area contributed by atoms with Crippen molar-refractivity contribution < 1.29 is 23.8 Å². The van der Waals surface area contributed by atoms with Crippen molar-refractivity contribution in [3.05, 3.63) is 109 Å². The Morgan fingerprint density at radius 2 is 0.727 bits per heavy atom. The minimum absolute atomic E-state index is 0.0504. The minimum atomic E-state index is -0.580. The highest BCUT2D eigenvalue weighted by molar-refractivity contribution is 5.70. The lowest BCUT2D eigenvalue weighted by Crippen LogP contribution is -2.30. The quantitative estimate of drug-likeness (QED) is 0.0346. The molecule has 0 aromatic heterocycles. The van der Waals surface area contributed by atoms with E-state index in [4.69, 9.17) is 14.2 Å². The van der Waals surface area contributed by atoms with Gasteiger partial charge in [-0.1, -0.05) is 220 Å². The third kappa shape index (κ3) is 53.2. The standard InChI is InChI=1S/C61H102O5/c1-4-7-10-13-16-19-22-25-28-30-31-33-34-36-39-42-45-48-51-54-60(62)65-58-59(57-64-56-53-50-47-44-41-38-27-24-21-18-15-12-9-6-3)66-61(63)55-52-49-46-43-40-37-35-32-29-26-23-20-17-14-11-8-5-2/h8,11-12,15-17,19-21,24-26,28-29,35,37,43,46,59H,4-7,9-10,13-14,18,22-23,27,30-34,36,38-42,44-45,47-58H2,1-3H3/b11-8-,15-12-,19-16-,20-17-,24-21-,28-25-,29-26-,37-35-,46-43-. The fourth-order valence-electron chi connectivity index (χ4n) is 7.20. The summed E-state index contributed by atoms with van der Waals surface area (Å²) >= 11 is 0. The van der Waals surface area contributed by atoms with Gasteiger partial charge in [-0.15, -0.1) is 0 Å². The summed E-state index contributed by atoms with van der Waals surface area (Å²) in [7, 11) is 0. The summed E-state index contributed by atoms with van der Waals surface area (Å²) < 4.78 is 17.4. The molecule has 66 heavy (non-hydrogen) atoms. The van der Waals surface area contributed by atoms with E-state index in [1.807, 2.05) is 0 Å². The van der Waals surface area contributed by atoms with Crippen LogP contribution in [0, 0.1) is 0 Å². The Hall–Kier alpha value is -3.44. The zero-order valence-corrected chi connectivity index (χ0v) is 43.2. The van der Waals surface area contributed by atoms with Crippen LogP contribution in [0.1, 0.15) is 239 Å². The molecule has 0 amide bonds. The molecule has 0 saturated heterocycles. The second-order valence-electron chi connectivity index (χ2n) is 17.7. The number of rotatable bonds is 49. The first-order valence-corrected chi connectivity index (χ1v) is 27.4. The minimum Gasteiger partial charge on any atom is -0.462 e. The number of unbranched alkanes of at least 4 members (excludes halogenated alkanes) is 20. The van der Waals surface area contributed by atoms with Crippen molar-refractivity contribution in [1.82, 2.24) is 0 Å². The van der Waals surface area contributed by atoms with E-state index in [2.05, 4.69) is 130 Å². The molecule has 0 N–H and O–H groups in total. The van der Waals surface area contributed by atoms with Gasteiger partial charge in [-0.3, -0.25) is 9.59 Å². The molecule has 1 unspecified atom stereocenters. The van der Waals surface area contributed by atoms with Crippen LogP contribution >= 0.6 is 0 Å². The number of ether oxygens (including phenoxy) is 3. The Kier molecular flexibility index (Phi) is 53.0. The first kappa shape index (κ1) is 62.6. The molecular formula is C61H102O5. The summed E-state index contributed by atoms with van der Waals surface area (Å²) in [5.74, 6) is -0.478. The number of hydrogen-bond donors (Lipinski definition) is 0. The van der Waals surface area contributed by atoms with Gasteiger partial charge in [-0.2, -0.15) is 0 Å². The van der Waals surface area contributed by atoms with Crippen LogP contribution < -0.4 is 0 Å². The van der Waals surface area contributed by atoms with Gasteiger partial charge in [0.1, 0.15) is 6.61 Å². The van der Waals surface area contributed by atoms with Crippen LogP contribution in [0.25, 0.3) is 0 Å². The number of esters is 2. The monoisotopic (exact) mass is 915 g/mol. The predicted molar refractivity (Wildman–Crippen MR) is 288 cm³/mol. The summed E-state index contributed by atoms with van der Waals surface area (Å²) in [5, 5.41) is 0. The predicted octanol–water partition coefficient (Wildman–Crippen LogP) is 18.8. The molecule has 5 heteroatoms. The topological polar surface area (TPSA) is 61.8 Å². The molecule has 0 fully saturated rings. The van der Waals surface area contributed by atoms with E-state index < -0.39 is 6.10 Å². The van der Waals surface area contributed by atoms with Crippen molar-refractivity contribution in [2.24, 2.45) is 0 Å². The molecule has 0 rings (SSSR count). The smallest absolute Gasteiger partial charge is 0.306 e. The number of carbonyl (C=O) groups excluding carboxylic acids is 2. The van der Waals surface area contributed by atoms with Crippen LogP contribution in [0.4, 0.5) is 0 Å². The molecule has 0 aliphatic rings. The van der Waals surface area contributed by atoms with Crippen molar-refractivity contribution in [1.29, 1.82) is 0 Å². The maximum Gasteiger partial charge on any atom is 0.306 e. The second kappa shape index (κ2) is 55.9. The van der Waals surface area contributed by atoms with Crippen LogP contribution in [0.15, 0.2) is 109 Å². The van der Waals surface area contributed by atoms with E-state index in [9.17, 15) is 9.59 Å². The zero-order chi connectivity index (χ0) is 47.7. The number of allylic oxidation sites excluding steroid dienone is 18. The van der Waals surface area contributed by atoms with Crippen molar-refractivity contribution in [3.63, 3.8) is 0 Å². The van der Waals surface area contributed by atoms with E-state index in [1.54, 1.807) is 0 Å². The van der Waals surface area contributed by atoms with Crippen molar-refractivity contribution in [2.75, 3.05) is 19.8 Å². The van der Waals surface area contributed by atoms with E-state index in [0.717, 1.165) is 96.3 Å². The Bertz CT molecular complexity index is 1310. The lowest BCUT2D eigenvalue weighted by molar-refractivity contribution is -0.162. The van der Waals surface area contributed by atoms with E-state index in [0.29, 0.717) is 19.4 Å². The van der Waals surface area contributed by atoms with E-state index in [-0.39, 0.29) is 25.2 Å². The molecule has 0 heterocycles. The lowest BCUT2D eigenvalue weighted by atomic mass is 10.1. The SMILES string of the molecule is CC/C=C\C/C=C\C/C=C\C/C=C\C/C=C\CCCC(=O)OC(COCCCCCCCC/C=C\C/C=C\CCC)COC(=O)CCCCCCCCCCC/C=C\C/C=C\CCCCC.